The van der Waals surface area contributed by atoms with Crippen LogP contribution in [0.15, 0.2) is 46.9 Å². The average Bonchev–Trinajstić information content (AvgIpc) is 2.50. The van der Waals surface area contributed by atoms with Crippen LogP contribution in [0.3, 0.4) is 0 Å². The molecule has 0 radical (unpaired) electrons. The molecule has 108 valence electrons. The maximum absolute atomic E-state index is 11.9. The summed E-state index contributed by atoms with van der Waals surface area (Å²) < 4.78 is 1.02. The number of amides is 1. The first-order valence-corrected chi connectivity index (χ1v) is 7.76. The smallest absolute Gasteiger partial charge is 0.251 e. The van der Waals surface area contributed by atoms with Gasteiger partial charge in [0.2, 0.25) is 0 Å². The first-order chi connectivity index (χ1) is 10.1. The van der Waals surface area contributed by atoms with Crippen LogP contribution in [0.4, 0.5) is 0 Å². The molecule has 0 fully saturated rings. The maximum Gasteiger partial charge on any atom is 0.251 e. The molecular formula is C17H16BrNO2. The fraction of sp³-hybridized carbons (Fsp3) is 0.235. The molecule has 4 heteroatoms. The molecule has 0 bridgehead atoms. The molecule has 1 aliphatic rings. The Morgan fingerprint density at radius 3 is 2.71 bits per heavy atom. The van der Waals surface area contributed by atoms with Gasteiger partial charge in [0, 0.05) is 23.0 Å². The fourth-order valence-electron chi connectivity index (χ4n) is 2.60. The van der Waals surface area contributed by atoms with Gasteiger partial charge in [-0.3, -0.25) is 4.79 Å². The zero-order valence-corrected chi connectivity index (χ0v) is 13.1. The highest BCUT2D eigenvalue weighted by Gasteiger charge is 2.18. The molecule has 21 heavy (non-hydrogen) atoms. The van der Waals surface area contributed by atoms with Gasteiger partial charge in [-0.2, -0.15) is 0 Å². The molecule has 3 nitrogen and oxygen atoms in total. The average molecular weight is 346 g/mol. The highest BCUT2D eigenvalue weighted by atomic mass is 79.9. The van der Waals surface area contributed by atoms with E-state index in [4.69, 9.17) is 0 Å². The van der Waals surface area contributed by atoms with E-state index >= 15 is 0 Å². The number of fused-ring (bicyclic) bond motifs is 1. The van der Waals surface area contributed by atoms with E-state index in [1.54, 1.807) is 0 Å². The van der Waals surface area contributed by atoms with E-state index in [2.05, 4.69) is 21.2 Å². The third-order valence-corrected chi connectivity index (χ3v) is 4.31. The van der Waals surface area contributed by atoms with Crippen molar-refractivity contribution in [2.45, 2.75) is 18.9 Å². The summed E-state index contributed by atoms with van der Waals surface area (Å²) in [6.07, 6.45) is 0.781. The molecule has 3 rings (SSSR count). The minimum Gasteiger partial charge on any atom is -0.388 e. The van der Waals surface area contributed by atoms with Gasteiger partial charge in [0.15, 0.2) is 0 Å². The second kappa shape index (κ2) is 6.00. The van der Waals surface area contributed by atoms with Crippen LogP contribution in [0.5, 0.6) is 0 Å². The molecule has 0 saturated carbocycles. The van der Waals surface area contributed by atoms with E-state index in [1.807, 2.05) is 42.5 Å². The lowest BCUT2D eigenvalue weighted by atomic mass is 9.94. The Bertz CT molecular complexity index is 667. The maximum atomic E-state index is 11.9. The normalized spacial score (nSPS) is 15.2. The van der Waals surface area contributed by atoms with E-state index in [9.17, 15) is 9.90 Å². The number of halogens is 1. The Kier molecular flexibility index (Phi) is 4.08. The lowest BCUT2D eigenvalue weighted by Gasteiger charge is -2.19. The fourth-order valence-corrected chi connectivity index (χ4v) is 2.86. The van der Waals surface area contributed by atoms with E-state index in [0.717, 1.165) is 27.6 Å². The Morgan fingerprint density at radius 2 is 1.95 bits per heavy atom. The van der Waals surface area contributed by atoms with Gasteiger partial charge < -0.3 is 10.4 Å². The van der Waals surface area contributed by atoms with Crippen LogP contribution in [-0.4, -0.2) is 17.6 Å². The zero-order valence-electron chi connectivity index (χ0n) is 11.5. The standard InChI is InChI=1S/C17H16BrNO2/c18-14-5-1-11(2-6-14)9-16(20)13-4-3-12-7-8-19-17(21)15(12)10-13/h1-6,10,16,20H,7-9H2,(H,19,21). The molecule has 2 N–H and O–H groups in total. The number of aliphatic hydroxyl groups is 1. The number of benzene rings is 2. The Hall–Kier alpha value is -1.65. The summed E-state index contributed by atoms with van der Waals surface area (Å²) in [5.74, 6) is -0.0473. The first kappa shape index (κ1) is 14.3. The largest absolute Gasteiger partial charge is 0.388 e. The van der Waals surface area contributed by atoms with Crippen LogP contribution >= 0.6 is 15.9 Å². The predicted molar refractivity (Wildman–Crippen MR) is 85.3 cm³/mol. The molecule has 0 saturated heterocycles. The SMILES string of the molecule is O=C1NCCc2ccc(C(O)Cc3ccc(Br)cc3)cc21. The van der Waals surface area contributed by atoms with Gasteiger partial charge in [0.1, 0.15) is 0 Å². The van der Waals surface area contributed by atoms with Crippen LogP contribution in [0, 0.1) is 0 Å². The quantitative estimate of drug-likeness (QED) is 0.898. The lowest BCUT2D eigenvalue weighted by Crippen LogP contribution is -2.31. The number of carbonyl (C=O) groups excluding carboxylic acids is 1. The van der Waals surface area contributed by atoms with Crippen molar-refractivity contribution < 1.29 is 9.90 Å². The Balaban J connectivity index is 1.81. The van der Waals surface area contributed by atoms with Crippen molar-refractivity contribution in [3.8, 4) is 0 Å². The van der Waals surface area contributed by atoms with Crippen molar-refractivity contribution in [3.05, 3.63) is 69.2 Å². The molecule has 1 aliphatic heterocycles. The van der Waals surface area contributed by atoms with Crippen molar-refractivity contribution in [3.63, 3.8) is 0 Å². The third kappa shape index (κ3) is 3.17. The zero-order chi connectivity index (χ0) is 14.8. The van der Waals surface area contributed by atoms with Gasteiger partial charge in [0.05, 0.1) is 6.10 Å². The van der Waals surface area contributed by atoms with E-state index in [-0.39, 0.29) is 5.91 Å². The molecule has 1 heterocycles. The Morgan fingerprint density at radius 1 is 1.19 bits per heavy atom. The highest BCUT2D eigenvalue weighted by molar-refractivity contribution is 9.10. The molecule has 0 aliphatic carbocycles. The number of hydrogen-bond donors (Lipinski definition) is 2. The minimum atomic E-state index is -0.605. The first-order valence-electron chi connectivity index (χ1n) is 6.97. The summed E-state index contributed by atoms with van der Waals surface area (Å²) in [6, 6.07) is 13.6. The van der Waals surface area contributed by atoms with Gasteiger partial charge >= 0.3 is 0 Å². The van der Waals surface area contributed by atoms with Gasteiger partial charge in [-0.1, -0.05) is 40.2 Å². The van der Waals surface area contributed by atoms with Crippen LogP contribution in [0.2, 0.25) is 0 Å². The van der Waals surface area contributed by atoms with Gasteiger partial charge in [-0.05, 0) is 41.3 Å². The van der Waals surface area contributed by atoms with Crippen LogP contribution in [0.25, 0.3) is 0 Å². The van der Waals surface area contributed by atoms with E-state index in [1.165, 1.54) is 0 Å². The molecule has 2 aromatic rings. The Labute approximate surface area is 132 Å². The highest BCUT2D eigenvalue weighted by Crippen LogP contribution is 2.23. The summed E-state index contributed by atoms with van der Waals surface area (Å²) in [7, 11) is 0. The van der Waals surface area contributed by atoms with Crippen LogP contribution in [0.1, 0.15) is 33.2 Å². The van der Waals surface area contributed by atoms with Crippen molar-refractivity contribution >= 4 is 21.8 Å². The van der Waals surface area contributed by atoms with Gasteiger partial charge in [-0.15, -0.1) is 0 Å². The monoisotopic (exact) mass is 345 g/mol. The number of aliphatic hydroxyl groups excluding tert-OH is 1. The third-order valence-electron chi connectivity index (χ3n) is 3.79. The molecule has 0 spiro atoms. The van der Waals surface area contributed by atoms with Crippen molar-refractivity contribution in [1.29, 1.82) is 0 Å². The summed E-state index contributed by atoms with van der Waals surface area (Å²) in [4.78, 5) is 11.9. The molecule has 1 atom stereocenters. The summed E-state index contributed by atoms with van der Waals surface area (Å²) >= 11 is 3.40. The second-order valence-corrected chi connectivity index (χ2v) is 6.18. The molecule has 1 amide bonds. The van der Waals surface area contributed by atoms with Gasteiger partial charge in [0.25, 0.3) is 5.91 Å². The van der Waals surface area contributed by atoms with Crippen LogP contribution < -0.4 is 5.32 Å². The summed E-state index contributed by atoms with van der Waals surface area (Å²) in [5, 5.41) is 13.2. The number of carbonyl (C=O) groups is 1. The van der Waals surface area contributed by atoms with Crippen molar-refractivity contribution in [2.75, 3.05) is 6.54 Å². The summed E-state index contributed by atoms with van der Waals surface area (Å²) in [6.45, 7) is 0.687. The summed E-state index contributed by atoms with van der Waals surface area (Å²) in [5.41, 5.74) is 3.59. The predicted octanol–water partition coefficient (Wildman–Crippen LogP) is 3.01. The molecule has 0 aromatic heterocycles. The van der Waals surface area contributed by atoms with Crippen molar-refractivity contribution in [2.24, 2.45) is 0 Å². The molecular weight excluding hydrogens is 330 g/mol. The number of rotatable bonds is 3. The molecule has 2 aromatic carbocycles. The van der Waals surface area contributed by atoms with Crippen molar-refractivity contribution in [1.82, 2.24) is 5.32 Å². The second-order valence-electron chi connectivity index (χ2n) is 5.27. The lowest BCUT2D eigenvalue weighted by molar-refractivity contribution is 0.0945. The minimum absolute atomic E-state index is 0.0473. The molecule has 1 unspecified atom stereocenters. The number of hydrogen-bond acceptors (Lipinski definition) is 2. The van der Waals surface area contributed by atoms with E-state index in [0.29, 0.717) is 18.5 Å². The topological polar surface area (TPSA) is 49.3 Å². The van der Waals surface area contributed by atoms with E-state index < -0.39 is 6.10 Å². The van der Waals surface area contributed by atoms with Crippen LogP contribution in [-0.2, 0) is 12.8 Å². The van der Waals surface area contributed by atoms with Gasteiger partial charge in [-0.25, -0.2) is 0 Å². The number of nitrogens with one attached hydrogen (secondary N) is 1.